The molecule has 2 nitrogen and oxygen atoms in total. The summed E-state index contributed by atoms with van der Waals surface area (Å²) in [5.74, 6) is 0. The van der Waals surface area contributed by atoms with Crippen LogP contribution in [0, 0.1) is 0 Å². The molecule has 0 fully saturated rings. The number of furan rings is 1. The Labute approximate surface area is 298 Å². The Morgan fingerprint density at radius 2 is 1.04 bits per heavy atom. The van der Waals surface area contributed by atoms with E-state index in [9.17, 15) is 0 Å². The fraction of sp³-hybridized carbons (Fsp3) is 0. The summed E-state index contributed by atoms with van der Waals surface area (Å²) in [7, 11) is 0. The van der Waals surface area contributed by atoms with E-state index in [1.54, 1.807) is 0 Å². The van der Waals surface area contributed by atoms with E-state index >= 15 is 0 Å². The zero-order valence-electron chi connectivity index (χ0n) is 27.5. The number of benzene rings is 9. The fourth-order valence-electron chi connectivity index (χ4n) is 8.11. The van der Waals surface area contributed by atoms with Gasteiger partial charge in [0, 0.05) is 53.0 Å². The van der Waals surface area contributed by atoms with Crippen molar-refractivity contribution in [3.05, 3.63) is 176 Å². The lowest BCUT2D eigenvalue weighted by atomic mass is 9.98. The van der Waals surface area contributed by atoms with Gasteiger partial charge < -0.3 is 9.32 Å². The first kappa shape index (κ1) is 28.4. The summed E-state index contributed by atoms with van der Waals surface area (Å²) in [6.45, 7) is 0. The van der Waals surface area contributed by atoms with E-state index in [1.165, 1.54) is 52.8 Å². The third kappa shape index (κ3) is 4.29. The van der Waals surface area contributed by atoms with Gasteiger partial charge in [-0.3, -0.25) is 0 Å². The van der Waals surface area contributed by atoms with Crippen LogP contribution in [-0.4, -0.2) is 0 Å². The molecule has 51 heavy (non-hydrogen) atoms. The predicted octanol–water partition coefficient (Wildman–Crippen LogP) is 14.6. The molecule has 9 aromatic carbocycles. The summed E-state index contributed by atoms with van der Waals surface area (Å²) in [4.78, 5) is 2.47. The number of thiophene rings is 1. The monoisotopic (exact) mass is 667 g/mol. The van der Waals surface area contributed by atoms with Crippen LogP contribution in [0.15, 0.2) is 180 Å². The first-order valence-electron chi connectivity index (χ1n) is 17.3. The summed E-state index contributed by atoms with van der Waals surface area (Å²) in [5, 5.41) is 12.1. The van der Waals surface area contributed by atoms with E-state index in [-0.39, 0.29) is 0 Å². The molecule has 0 radical (unpaired) electrons. The third-order valence-electron chi connectivity index (χ3n) is 10.4. The Hall–Kier alpha value is -6.42. The predicted molar refractivity (Wildman–Crippen MR) is 219 cm³/mol. The van der Waals surface area contributed by atoms with Gasteiger partial charge in [-0.15, -0.1) is 11.3 Å². The number of hydrogen-bond donors (Lipinski definition) is 0. The molecule has 0 aliphatic carbocycles. The van der Waals surface area contributed by atoms with Gasteiger partial charge in [0.15, 0.2) is 0 Å². The van der Waals surface area contributed by atoms with Crippen molar-refractivity contribution in [1.29, 1.82) is 0 Å². The van der Waals surface area contributed by atoms with Crippen LogP contribution in [0.5, 0.6) is 0 Å². The molecule has 3 heteroatoms. The summed E-state index contributed by atoms with van der Waals surface area (Å²) in [6.07, 6.45) is 0. The minimum atomic E-state index is 0.920. The van der Waals surface area contributed by atoms with Gasteiger partial charge in [-0.05, 0) is 69.6 Å². The van der Waals surface area contributed by atoms with Crippen LogP contribution in [0.2, 0.25) is 0 Å². The summed E-state index contributed by atoms with van der Waals surface area (Å²) in [5.41, 5.74) is 7.50. The number of rotatable bonds is 4. The maximum atomic E-state index is 6.73. The van der Waals surface area contributed by atoms with Crippen LogP contribution in [-0.2, 0) is 0 Å². The van der Waals surface area contributed by atoms with Gasteiger partial charge in [-0.1, -0.05) is 133 Å². The number of nitrogens with zero attached hydrogens (tertiary/aromatic N) is 1. The van der Waals surface area contributed by atoms with Gasteiger partial charge in [0.05, 0.1) is 11.4 Å². The Morgan fingerprint density at radius 3 is 1.90 bits per heavy atom. The van der Waals surface area contributed by atoms with Crippen LogP contribution in [0.3, 0.4) is 0 Å². The van der Waals surface area contributed by atoms with E-state index in [4.69, 9.17) is 4.42 Å². The second kappa shape index (κ2) is 11.0. The second-order valence-corrected chi connectivity index (χ2v) is 14.3. The fourth-order valence-corrected chi connectivity index (χ4v) is 9.24. The Bertz CT molecular complexity index is 3150. The largest absolute Gasteiger partial charge is 0.455 e. The van der Waals surface area contributed by atoms with Crippen molar-refractivity contribution >= 4 is 103 Å². The van der Waals surface area contributed by atoms with Crippen molar-refractivity contribution in [3.63, 3.8) is 0 Å². The normalized spacial score (nSPS) is 11.9. The lowest BCUT2D eigenvalue weighted by Crippen LogP contribution is -2.11. The van der Waals surface area contributed by atoms with Gasteiger partial charge in [-0.2, -0.15) is 0 Å². The highest BCUT2D eigenvalue weighted by molar-refractivity contribution is 7.26. The average molecular weight is 668 g/mol. The number of fused-ring (bicyclic) bond motifs is 11. The topological polar surface area (TPSA) is 16.4 Å². The minimum absolute atomic E-state index is 0.920. The van der Waals surface area contributed by atoms with E-state index in [1.807, 2.05) is 11.3 Å². The molecule has 0 spiro atoms. The quantitative estimate of drug-likeness (QED) is 0.174. The molecule has 0 atom stereocenters. The molecule has 2 heterocycles. The Kier molecular flexibility index (Phi) is 6.16. The second-order valence-electron chi connectivity index (χ2n) is 13.2. The van der Waals surface area contributed by atoms with E-state index < -0.39 is 0 Å². The maximum Gasteiger partial charge on any atom is 0.143 e. The van der Waals surface area contributed by atoms with Gasteiger partial charge in [0.1, 0.15) is 11.2 Å². The molecule has 238 valence electrons. The average Bonchev–Trinajstić information content (AvgIpc) is 3.78. The molecule has 0 aliphatic rings. The number of para-hydroxylation sites is 1. The Balaban J connectivity index is 1.15. The molecule has 0 amide bonds. The van der Waals surface area contributed by atoms with Crippen molar-refractivity contribution in [3.8, 4) is 11.1 Å². The molecular formula is C48H29NOS. The lowest BCUT2D eigenvalue weighted by molar-refractivity contribution is 0.674. The van der Waals surface area contributed by atoms with Gasteiger partial charge in [0.25, 0.3) is 0 Å². The molecular weight excluding hydrogens is 639 g/mol. The van der Waals surface area contributed by atoms with Crippen LogP contribution in [0.1, 0.15) is 0 Å². The molecule has 0 bridgehead atoms. The van der Waals surface area contributed by atoms with Crippen molar-refractivity contribution in [2.24, 2.45) is 0 Å². The van der Waals surface area contributed by atoms with E-state index in [0.717, 1.165) is 49.8 Å². The summed E-state index contributed by atoms with van der Waals surface area (Å²) >= 11 is 1.86. The standard InChI is InChI=1S/C48H29NOS/c1-4-14-35-30(11-1)25-28-40-39-19-9-18-36(47(39)50-48(35)40)31-23-26-33(27-24-31)49(42-20-10-22-45-46(42)41-17-7-8-21-44(41)51-45)43-29-32-12-2-3-13-34(32)37-15-5-6-16-38(37)43/h1-29H. The van der Waals surface area contributed by atoms with E-state index in [2.05, 4.69) is 181 Å². The van der Waals surface area contributed by atoms with E-state index in [0.29, 0.717) is 0 Å². The van der Waals surface area contributed by atoms with Crippen LogP contribution in [0.25, 0.3) is 85.6 Å². The number of hydrogen-bond acceptors (Lipinski definition) is 3. The highest BCUT2D eigenvalue weighted by Crippen LogP contribution is 2.48. The maximum absolute atomic E-state index is 6.73. The van der Waals surface area contributed by atoms with Crippen molar-refractivity contribution < 1.29 is 4.42 Å². The highest BCUT2D eigenvalue weighted by Gasteiger charge is 2.22. The first-order chi connectivity index (χ1) is 25.3. The third-order valence-corrected chi connectivity index (χ3v) is 11.6. The van der Waals surface area contributed by atoms with Crippen molar-refractivity contribution in [1.82, 2.24) is 0 Å². The zero-order chi connectivity index (χ0) is 33.5. The molecule has 0 aliphatic heterocycles. The minimum Gasteiger partial charge on any atom is -0.455 e. The summed E-state index contributed by atoms with van der Waals surface area (Å²) in [6, 6.07) is 63.8. The van der Waals surface area contributed by atoms with Gasteiger partial charge in [-0.25, -0.2) is 0 Å². The molecule has 11 aromatic rings. The molecule has 0 saturated heterocycles. The number of anilines is 3. The zero-order valence-corrected chi connectivity index (χ0v) is 28.3. The Morgan fingerprint density at radius 1 is 0.392 bits per heavy atom. The van der Waals surface area contributed by atoms with Crippen molar-refractivity contribution in [2.45, 2.75) is 0 Å². The molecule has 0 unspecified atom stereocenters. The van der Waals surface area contributed by atoms with Crippen LogP contribution < -0.4 is 4.90 Å². The van der Waals surface area contributed by atoms with Gasteiger partial charge in [0.2, 0.25) is 0 Å². The highest BCUT2D eigenvalue weighted by atomic mass is 32.1. The molecule has 11 rings (SSSR count). The van der Waals surface area contributed by atoms with Crippen molar-refractivity contribution in [2.75, 3.05) is 4.90 Å². The molecule has 2 aromatic heterocycles. The SMILES string of the molecule is c1ccc2c(c1)cc(N(c1ccc(-c3cccc4c3oc3c5ccccc5ccc43)cc1)c1cccc3sc4ccccc4c13)c1ccccc12. The molecule has 0 saturated carbocycles. The molecule has 0 N–H and O–H groups in total. The first-order valence-corrected chi connectivity index (χ1v) is 18.2. The van der Waals surface area contributed by atoms with Crippen LogP contribution in [0.4, 0.5) is 17.1 Å². The summed E-state index contributed by atoms with van der Waals surface area (Å²) < 4.78 is 9.31. The lowest BCUT2D eigenvalue weighted by Gasteiger charge is -2.28. The smallest absolute Gasteiger partial charge is 0.143 e. The van der Waals surface area contributed by atoms with Gasteiger partial charge >= 0.3 is 0 Å². The van der Waals surface area contributed by atoms with Crippen LogP contribution >= 0.6 is 11.3 Å².